The Kier molecular flexibility index (Phi) is 5.60. The van der Waals surface area contributed by atoms with E-state index < -0.39 is 0 Å². The highest BCUT2D eigenvalue weighted by Crippen LogP contribution is 2.23. The summed E-state index contributed by atoms with van der Waals surface area (Å²) in [6.45, 7) is 6.53. The van der Waals surface area contributed by atoms with Gasteiger partial charge in [-0.05, 0) is 32.2 Å². The molecule has 1 atom stereocenters. The van der Waals surface area contributed by atoms with Crippen molar-refractivity contribution in [2.75, 3.05) is 23.5 Å². The van der Waals surface area contributed by atoms with E-state index in [9.17, 15) is 4.79 Å². The molecule has 0 aromatic carbocycles. The van der Waals surface area contributed by atoms with E-state index in [1.165, 1.54) is 0 Å². The molecular formula is C16H22N4OS. The minimum atomic E-state index is -0.00362. The third-order valence-corrected chi connectivity index (χ3v) is 4.33. The molecule has 0 fully saturated rings. The summed E-state index contributed by atoms with van der Waals surface area (Å²) in [5, 5.41) is 4.52. The Morgan fingerprint density at radius 3 is 2.86 bits per heavy atom. The zero-order chi connectivity index (χ0) is 16.1. The van der Waals surface area contributed by atoms with Crippen LogP contribution in [0.1, 0.15) is 19.5 Å². The average molecular weight is 318 g/mol. The van der Waals surface area contributed by atoms with E-state index in [1.54, 1.807) is 28.8 Å². The molecule has 118 valence electrons. The summed E-state index contributed by atoms with van der Waals surface area (Å²) in [5.41, 5.74) is 2.59. The van der Waals surface area contributed by atoms with Crippen molar-refractivity contribution in [1.82, 2.24) is 14.8 Å². The molecule has 1 unspecified atom stereocenters. The molecule has 0 aliphatic heterocycles. The quantitative estimate of drug-likeness (QED) is 0.822. The second-order valence-corrected chi connectivity index (χ2v) is 6.11. The number of pyridine rings is 1. The van der Waals surface area contributed by atoms with E-state index >= 15 is 0 Å². The Balaban J connectivity index is 2.31. The lowest BCUT2D eigenvalue weighted by atomic mass is 10.1. The Labute approximate surface area is 135 Å². The number of hydrogen-bond donors (Lipinski definition) is 0. The summed E-state index contributed by atoms with van der Waals surface area (Å²) in [6.07, 6.45) is 7.41. The number of nitrogens with zero attached hydrogens (tertiary/aromatic N) is 4. The lowest BCUT2D eigenvalue weighted by Crippen LogP contribution is -2.36. The van der Waals surface area contributed by atoms with Gasteiger partial charge in [-0.2, -0.15) is 16.9 Å². The van der Waals surface area contributed by atoms with Crippen molar-refractivity contribution in [3.8, 4) is 5.69 Å². The molecule has 2 aromatic heterocycles. The lowest BCUT2D eigenvalue weighted by Gasteiger charge is -2.23. The van der Waals surface area contributed by atoms with E-state index in [0.717, 1.165) is 22.8 Å². The second kappa shape index (κ2) is 7.45. The molecule has 0 aliphatic rings. The predicted octanol–water partition coefficient (Wildman–Crippen LogP) is 2.93. The van der Waals surface area contributed by atoms with Gasteiger partial charge in [0.15, 0.2) is 0 Å². The van der Waals surface area contributed by atoms with Gasteiger partial charge in [0.25, 0.3) is 0 Å². The predicted molar refractivity (Wildman–Crippen MR) is 91.7 cm³/mol. The zero-order valence-electron chi connectivity index (χ0n) is 13.5. The number of hydrogen-bond acceptors (Lipinski definition) is 4. The first-order valence-electron chi connectivity index (χ1n) is 7.35. The fourth-order valence-electron chi connectivity index (χ4n) is 2.37. The maximum absolute atomic E-state index is 12.6. The molecule has 6 heteroatoms. The summed E-state index contributed by atoms with van der Waals surface area (Å²) in [7, 11) is 0. The highest BCUT2D eigenvalue weighted by molar-refractivity contribution is 7.98. The first kappa shape index (κ1) is 16.5. The molecule has 5 nitrogen and oxygen atoms in total. The monoisotopic (exact) mass is 318 g/mol. The van der Waals surface area contributed by atoms with E-state index in [-0.39, 0.29) is 11.8 Å². The Bertz CT molecular complexity index is 626. The van der Waals surface area contributed by atoms with Crippen LogP contribution in [0.2, 0.25) is 0 Å². The van der Waals surface area contributed by atoms with E-state index in [0.29, 0.717) is 6.54 Å². The van der Waals surface area contributed by atoms with Crippen LogP contribution in [0, 0.1) is 12.8 Å². The topological polar surface area (TPSA) is 51.0 Å². The van der Waals surface area contributed by atoms with Gasteiger partial charge < -0.3 is 4.90 Å². The number of carbonyl (C=O) groups excluding carboxylic acids is 1. The summed E-state index contributed by atoms with van der Waals surface area (Å²) >= 11 is 1.69. The molecule has 0 aliphatic carbocycles. The molecule has 0 radical (unpaired) electrons. The van der Waals surface area contributed by atoms with Gasteiger partial charge in [0.1, 0.15) is 0 Å². The highest BCUT2D eigenvalue weighted by atomic mass is 32.2. The molecule has 0 bridgehead atoms. The number of carbonyl (C=O) groups is 1. The van der Waals surface area contributed by atoms with Crippen LogP contribution in [0.25, 0.3) is 5.69 Å². The minimum absolute atomic E-state index is 0.00362. The Hall–Kier alpha value is -1.82. The standard InChI is InChI=1S/C16H22N4OS/c1-5-19(16(21)12(2)11-22-4)15-10-20(18-13(15)3)14-7-6-8-17-9-14/h6-10,12H,5,11H2,1-4H3. The largest absolute Gasteiger partial charge is 0.309 e. The SMILES string of the molecule is CCN(C(=O)C(C)CSC)c1cn(-c2cccnc2)nc1C. The maximum atomic E-state index is 12.6. The normalized spacial score (nSPS) is 12.2. The first-order chi connectivity index (χ1) is 10.6. The number of aryl methyl sites for hydroxylation is 1. The minimum Gasteiger partial charge on any atom is -0.309 e. The lowest BCUT2D eigenvalue weighted by molar-refractivity contribution is -0.121. The van der Waals surface area contributed by atoms with Gasteiger partial charge in [-0.15, -0.1) is 0 Å². The van der Waals surface area contributed by atoms with Crippen LogP contribution in [0.5, 0.6) is 0 Å². The van der Waals surface area contributed by atoms with Crippen molar-refractivity contribution in [3.63, 3.8) is 0 Å². The number of rotatable bonds is 6. The third-order valence-electron chi connectivity index (χ3n) is 3.49. The van der Waals surface area contributed by atoms with Gasteiger partial charge in [-0.25, -0.2) is 4.68 Å². The van der Waals surface area contributed by atoms with Gasteiger partial charge in [0.05, 0.1) is 29.5 Å². The van der Waals surface area contributed by atoms with Crippen molar-refractivity contribution in [2.24, 2.45) is 5.92 Å². The number of thioether (sulfide) groups is 1. The number of anilines is 1. The average Bonchev–Trinajstić information content (AvgIpc) is 2.91. The molecule has 0 spiro atoms. The molecule has 0 saturated carbocycles. The van der Waals surface area contributed by atoms with Crippen molar-refractivity contribution < 1.29 is 4.79 Å². The summed E-state index contributed by atoms with van der Waals surface area (Å²) in [4.78, 5) is 18.5. The smallest absolute Gasteiger partial charge is 0.230 e. The molecular weight excluding hydrogens is 296 g/mol. The first-order valence-corrected chi connectivity index (χ1v) is 8.74. The van der Waals surface area contributed by atoms with Crippen molar-refractivity contribution in [1.29, 1.82) is 0 Å². The van der Waals surface area contributed by atoms with Gasteiger partial charge in [0.2, 0.25) is 5.91 Å². The van der Waals surface area contributed by atoms with Crippen LogP contribution in [-0.2, 0) is 4.79 Å². The summed E-state index contributed by atoms with van der Waals surface area (Å²) in [5.74, 6) is 0.965. The van der Waals surface area contributed by atoms with Gasteiger partial charge in [0, 0.05) is 24.4 Å². The highest BCUT2D eigenvalue weighted by Gasteiger charge is 2.23. The second-order valence-electron chi connectivity index (χ2n) is 5.19. The molecule has 22 heavy (non-hydrogen) atoms. The van der Waals surface area contributed by atoms with Crippen LogP contribution in [0.4, 0.5) is 5.69 Å². The molecule has 1 amide bonds. The zero-order valence-corrected chi connectivity index (χ0v) is 14.3. The molecule has 0 N–H and O–H groups in total. The summed E-state index contributed by atoms with van der Waals surface area (Å²) in [6, 6.07) is 3.81. The van der Waals surface area contributed by atoms with Crippen LogP contribution >= 0.6 is 11.8 Å². The fourth-order valence-corrected chi connectivity index (χ4v) is 3.01. The van der Waals surface area contributed by atoms with Gasteiger partial charge >= 0.3 is 0 Å². The van der Waals surface area contributed by atoms with Crippen LogP contribution < -0.4 is 4.90 Å². The van der Waals surface area contributed by atoms with Crippen molar-refractivity contribution in [3.05, 3.63) is 36.4 Å². The molecule has 0 saturated heterocycles. The fraction of sp³-hybridized carbons (Fsp3) is 0.438. The molecule has 2 aromatic rings. The van der Waals surface area contributed by atoms with E-state index in [4.69, 9.17) is 0 Å². The van der Waals surface area contributed by atoms with Crippen LogP contribution in [-0.4, -0.2) is 39.2 Å². The Morgan fingerprint density at radius 2 is 2.27 bits per heavy atom. The maximum Gasteiger partial charge on any atom is 0.230 e. The number of amides is 1. The Morgan fingerprint density at radius 1 is 1.50 bits per heavy atom. The number of aromatic nitrogens is 3. The van der Waals surface area contributed by atoms with Crippen molar-refractivity contribution in [2.45, 2.75) is 20.8 Å². The van der Waals surface area contributed by atoms with Crippen molar-refractivity contribution >= 4 is 23.4 Å². The van der Waals surface area contributed by atoms with Gasteiger partial charge in [-0.1, -0.05) is 6.92 Å². The van der Waals surface area contributed by atoms with E-state index in [2.05, 4.69) is 10.1 Å². The summed E-state index contributed by atoms with van der Waals surface area (Å²) < 4.78 is 1.77. The van der Waals surface area contributed by atoms with Gasteiger partial charge in [-0.3, -0.25) is 9.78 Å². The van der Waals surface area contributed by atoms with Crippen LogP contribution in [0.15, 0.2) is 30.7 Å². The molecule has 2 rings (SSSR count). The third kappa shape index (κ3) is 3.50. The van der Waals surface area contributed by atoms with Crippen LogP contribution in [0.3, 0.4) is 0 Å². The van der Waals surface area contributed by atoms with E-state index in [1.807, 2.05) is 50.3 Å². The molecule has 2 heterocycles.